The van der Waals surface area contributed by atoms with Gasteiger partial charge in [0, 0.05) is 6.42 Å². The van der Waals surface area contributed by atoms with Gasteiger partial charge in [-0.25, -0.2) is 9.37 Å². The lowest BCUT2D eigenvalue weighted by Gasteiger charge is -2.09. The first-order valence-corrected chi connectivity index (χ1v) is 7.23. The van der Waals surface area contributed by atoms with Crippen LogP contribution in [-0.2, 0) is 16.4 Å². The summed E-state index contributed by atoms with van der Waals surface area (Å²) in [7, 11) is -3.73. The number of sulfonamides is 1. The number of imidazole rings is 1. The lowest BCUT2D eigenvalue weighted by molar-refractivity contribution is 0.597. The number of rotatable bonds is 4. The Bertz CT molecular complexity index is 695. The zero-order valence-corrected chi connectivity index (χ0v) is 11.4. The molecule has 7 heteroatoms. The van der Waals surface area contributed by atoms with E-state index in [0.29, 0.717) is 23.5 Å². The van der Waals surface area contributed by atoms with Gasteiger partial charge in [0.1, 0.15) is 11.6 Å². The van der Waals surface area contributed by atoms with Crippen molar-refractivity contribution in [3.63, 3.8) is 0 Å². The van der Waals surface area contributed by atoms with E-state index in [4.69, 9.17) is 0 Å². The van der Waals surface area contributed by atoms with Gasteiger partial charge in [-0.3, -0.25) is 4.72 Å². The molecule has 5 nitrogen and oxygen atoms in total. The number of aromatic nitrogens is 2. The van der Waals surface area contributed by atoms with Gasteiger partial charge in [-0.2, -0.15) is 8.42 Å². The van der Waals surface area contributed by atoms with Crippen LogP contribution in [0.3, 0.4) is 0 Å². The predicted octanol–water partition coefficient (Wildman–Crippen LogP) is 2.22. The van der Waals surface area contributed by atoms with Gasteiger partial charge in [0.2, 0.25) is 0 Å². The molecule has 0 saturated carbocycles. The van der Waals surface area contributed by atoms with Gasteiger partial charge in [0.15, 0.2) is 5.03 Å². The molecule has 0 spiro atoms. The number of aromatic amines is 1. The van der Waals surface area contributed by atoms with Gasteiger partial charge in [0.25, 0.3) is 10.0 Å². The highest BCUT2D eigenvalue weighted by atomic mass is 32.2. The molecule has 0 aliphatic heterocycles. The molecule has 0 atom stereocenters. The summed E-state index contributed by atoms with van der Waals surface area (Å²) < 4.78 is 39.5. The summed E-state index contributed by atoms with van der Waals surface area (Å²) in [4.78, 5) is 6.66. The summed E-state index contributed by atoms with van der Waals surface area (Å²) >= 11 is 0. The number of aryl methyl sites for hydroxylation is 2. The summed E-state index contributed by atoms with van der Waals surface area (Å²) in [6.07, 6.45) is 1.88. The molecule has 0 fully saturated rings. The fourth-order valence-corrected chi connectivity index (χ4v) is 2.67. The molecule has 1 heterocycles. The van der Waals surface area contributed by atoms with Crippen LogP contribution in [0.1, 0.15) is 18.3 Å². The second-order valence-electron chi connectivity index (χ2n) is 4.11. The van der Waals surface area contributed by atoms with Gasteiger partial charge in [-0.15, -0.1) is 0 Å². The Balaban J connectivity index is 2.30. The highest BCUT2D eigenvalue weighted by molar-refractivity contribution is 7.92. The number of nitrogens with one attached hydrogen (secondary N) is 2. The van der Waals surface area contributed by atoms with E-state index in [0.717, 1.165) is 0 Å². The van der Waals surface area contributed by atoms with Crippen LogP contribution in [0.15, 0.2) is 29.4 Å². The molecular weight excluding hydrogens is 269 g/mol. The Hall–Kier alpha value is -1.89. The van der Waals surface area contributed by atoms with Crippen molar-refractivity contribution in [2.45, 2.75) is 25.3 Å². The van der Waals surface area contributed by atoms with Gasteiger partial charge >= 0.3 is 0 Å². The van der Waals surface area contributed by atoms with E-state index in [1.165, 1.54) is 24.4 Å². The van der Waals surface area contributed by atoms with Crippen LogP contribution in [0.5, 0.6) is 0 Å². The van der Waals surface area contributed by atoms with Crippen molar-refractivity contribution in [3.05, 3.63) is 41.6 Å². The zero-order chi connectivity index (χ0) is 14.0. The molecule has 0 radical (unpaired) electrons. The minimum atomic E-state index is -3.73. The number of hydrogen-bond acceptors (Lipinski definition) is 3. The molecular formula is C12H14FN3O2S. The smallest absolute Gasteiger partial charge is 0.278 e. The van der Waals surface area contributed by atoms with Crippen LogP contribution in [0, 0.1) is 12.7 Å². The van der Waals surface area contributed by atoms with E-state index in [9.17, 15) is 12.8 Å². The minimum absolute atomic E-state index is 0.00641. The molecule has 0 bridgehead atoms. The highest BCUT2D eigenvalue weighted by Crippen LogP contribution is 2.19. The van der Waals surface area contributed by atoms with Crippen LogP contribution < -0.4 is 4.72 Å². The normalized spacial score (nSPS) is 11.5. The number of hydrogen-bond donors (Lipinski definition) is 2. The zero-order valence-electron chi connectivity index (χ0n) is 10.6. The van der Waals surface area contributed by atoms with Crippen LogP contribution in [-0.4, -0.2) is 18.4 Å². The maximum atomic E-state index is 13.0. The highest BCUT2D eigenvalue weighted by Gasteiger charge is 2.18. The third-order valence-electron chi connectivity index (χ3n) is 2.66. The molecule has 2 rings (SSSR count). The molecule has 0 aliphatic rings. The van der Waals surface area contributed by atoms with E-state index in [1.54, 1.807) is 6.92 Å². The molecule has 19 heavy (non-hydrogen) atoms. The molecule has 2 aromatic rings. The van der Waals surface area contributed by atoms with Crippen molar-refractivity contribution in [3.8, 4) is 0 Å². The Morgan fingerprint density at radius 2 is 2.16 bits per heavy atom. The van der Waals surface area contributed by atoms with Gasteiger partial charge in [-0.1, -0.05) is 6.92 Å². The average molecular weight is 283 g/mol. The maximum Gasteiger partial charge on any atom is 0.278 e. The van der Waals surface area contributed by atoms with Gasteiger partial charge in [0.05, 0.1) is 11.9 Å². The number of nitrogens with zero attached hydrogens (tertiary/aromatic N) is 1. The van der Waals surface area contributed by atoms with E-state index < -0.39 is 15.8 Å². The first-order chi connectivity index (χ1) is 8.92. The average Bonchev–Trinajstić information content (AvgIpc) is 2.82. The summed E-state index contributed by atoms with van der Waals surface area (Å²) in [5.74, 6) is 0.187. The van der Waals surface area contributed by atoms with E-state index in [1.807, 2.05) is 6.92 Å². The third kappa shape index (κ3) is 2.93. The Morgan fingerprint density at radius 3 is 2.74 bits per heavy atom. The van der Waals surface area contributed by atoms with Crippen molar-refractivity contribution in [2.75, 3.05) is 4.72 Å². The number of halogens is 1. The van der Waals surface area contributed by atoms with Crippen molar-refractivity contribution in [2.24, 2.45) is 0 Å². The van der Waals surface area contributed by atoms with Crippen molar-refractivity contribution in [1.29, 1.82) is 0 Å². The standard InChI is InChI=1S/C12H14FN3O2S/c1-3-11-14-7-12(15-11)19(17,18)16-10-5-4-9(13)6-8(10)2/h4-7,16H,3H2,1-2H3,(H,14,15). The Morgan fingerprint density at radius 1 is 1.42 bits per heavy atom. The third-order valence-corrected chi connectivity index (χ3v) is 3.94. The van der Waals surface area contributed by atoms with Crippen molar-refractivity contribution >= 4 is 15.7 Å². The van der Waals surface area contributed by atoms with E-state index in [2.05, 4.69) is 14.7 Å². The summed E-state index contributed by atoms with van der Waals surface area (Å²) in [6, 6.07) is 3.86. The second-order valence-corrected chi connectivity index (χ2v) is 5.76. The SMILES string of the molecule is CCc1ncc(S(=O)(=O)Nc2ccc(F)cc2C)[nH]1. The molecule has 2 N–H and O–H groups in total. The Labute approximate surface area is 110 Å². The van der Waals surface area contributed by atoms with Crippen LogP contribution in [0.25, 0.3) is 0 Å². The van der Waals surface area contributed by atoms with Crippen LogP contribution in [0.4, 0.5) is 10.1 Å². The van der Waals surface area contributed by atoms with E-state index in [-0.39, 0.29) is 5.03 Å². The quantitative estimate of drug-likeness (QED) is 0.903. The molecule has 0 aliphatic carbocycles. The van der Waals surface area contributed by atoms with Crippen molar-refractivity contribution < 1.29 is 12.8 Å². The lowest BCUT2D eigenvalue weighted by Crippen LogP contribution is -2.14. The molecule has 0 unspecified atom stereocenters. The minimum Gasteiger partial charge on any atom is -0.332 e. The number of anilines is 1. The predicted molar refractivity (Wildman–Crippen MR) is 69.9 cm³/mol. The van der Waals surface area contributed by atoms with Crippen molar-refractivity contribution in [1.82, 2.24) is 9.97 Å². The largest absolute Gasteiger partial charge is 0.332 e. The molecule has 1 aromatic heterocycles. The first-order valence-electron chi connectivity index (χ1n) is 5.75. The summed E-state index contributed by atoms with van der Waals surface area (Å²) in [5.41, 5.74) is 0.854. The maximum absolute atomic E-state index is 13.0. The second kappa shape index (κ2) is 5.00. The number of benzene rings is 1. The summed E-state index contributed by atoms with van der Waals surface area (Å²) in [5, 5.41) is -0.00641. The first kappa shape index (κ1) is 13.5. The molecule has 0 saturated heterocycles. The topological polar surface area (TPSA) is 74.8 Å². The summed E-state index contributed by atoms with van der Waals surface area (Å²) in [6.45, 7) is 3.50. The monoisotopic (exact) mass is 283 g/mol. The molecule has 0 amide bonds. The molecule has 102 valence electrons. The van der Waals surface area contributed by atoms with E-state index >= 15 is 0 Å². The fraction of sp³-hybridized carbons (Fsp3) is 0.250. The van der Waals surface area contributed by atoms with Crippen LogP contribution in [0.2, 0.25) is 0 Å². The molecule has 1 aromatic carbocycles. The van der Waals surface area contributed by atoms with Crippen LogP contribution >= 0.6 is 0 Å². The van der Waals surface area contributed by atoms with Gasteiger partial charge in [-0.05, 0) is 30.7 Å². The van der Waals surface area contributed by atoms with Gasteiger partial charge < -0.3 is 4.98 Å². The fourth-order valence-electron chi connectivity index (χ4n) is 1.60. The lowest BCUT2D eigenvalue weighted by atomic mass is 10.2. The Kier molecular flexibility index (Phi) is 3.57. The number of H-pyrrole nitrogens is 1.